The van der Waals surface area contributed by atoms with E-state index in [9.17, 15) is 9.59 Å². The largest absolute Gasteiger partial charge is 0.494 e. The van der Waals surface area contributed by atoms with Crippen LogP contribution in [0, 0.1) is 0 Å². The zero-order valence-corrected chi connectivity index (χ0v) is 18.7. The van der Waals surface area contributed by atoms with Crippen LogP contribution < -0.4 is 10.1 Å². The number of para-hydroxylation sites is 1. The smallest absolute Gasteiger partial charge is 0.242 e. The van der Waals surface area contributed by atoms with Gasteiger partial charge in [-0.3, -0.25) is 9.59 Å². The van der Waals surface area contributed by atoms with E-state index in [0.717, 1.165) is 22.2 Å². The number of hydrogen-bond donors (Lipinski definition) is 1. The highest BCUT2D eigenvalue weighted by molar-refractivity contribution is 9.10. The van der Waals surface area contributed by atoms with Crippen molar-refractivity contribution in [3.63, 3.8) is 0 Å². The van der Waals surface area contributed by atoms with Crippen LogP contribution in [0.25, 0.3) is 0 Å². The van der Waals surface area contributed by atoms with E-state index in [2.05, 4.69) is 21.2 Å². The van der Waals surface area contributed by atoms with Gasteiger partial charge in [-0.1, -0.05) is 53.2 Å². The number of ether oxygens (including phenoxy) is 1. The van der Waals surface area contributed by atoms with Crippen LogP contribution in [0.3, 0.4) is 0 Å². The molecule has 0 bridgehead atoms. The fourth-order valence-electron chi connectivity index (χ4n) is 2.88. The predicted molar refractivity (Wildman–Crippen MR) is 119 cm³/mol. The second kappa shape index (κ2) is 12.3. The number of halogens is 1. The van der Waals surface area contributed by atoms with Crippen LogP contribution in [0.4, 0.5) is 0 Å². The van der Waals surface area contributed by atoms with Gasteiger partial charge in [0.25, 0.3) is 0 Å². The van der Waals surface area contributed by atoms with E-state index in [1.165, 1.54) is 0 Å². The third-order valence-corrected chi connectivity index (χ3v) is 5.00. The Balaban J connectivity index is 1.98. The van der Waals surface area contributed by atoms with Crippen molar-refractivity contribution in [1.29, 1.82) is 0 Å². The van der Waals surface area contributed by atoms with Crippen LogP contribution in [0.2, 0.25) is 0 Å². The average Bonchev–Trinajstić information content (AvgIpc) is 2.73. The van der Waals surface area contributed by atoms with Crippen molar-refractivity contribution in [3.8, 4) is 5.75 Å². The van der Waals surface area contributed by atoms with Crippen molar-refractivity contribution < 1.29 is 14.3 Å². The number of amides is 2. The number of rotatable bonds is 11. The lowest BCUT2D eigenvalue weighted by molar-refractivity contribution is -0.140. The monoisotopic (exact) mass is 460 g/mol. The maximum Gasteiger partial charge on any atom is 0.242 e. The van der Waals surface area contributed by atoms with Gasteiger partial charge in [0.15, 0.2) is 0 Å². The molecule has 1 N–H and O–H groups in total. The molecule has 0 radical (unpaired) electrons. The summed E-state index contributed by atoms with van der Waals surface area (Å²) in [5.41, 5.74) is 0.975. The van der Waals surface area contributed by atoms with Crippen LogP contribution in [-0.2, 0) is 16.1 Å². The average molecular weight is 461 g/mol. The van der Waals surface area contributed by atoms with Crippen LogP contribution >= 0.6 is 15.9 Å². The number of hydrogen-bond acceptors (Lipinski definition) is 3. The Morgan fingerprint density at radius 2 is 1.90 bits per heavy atom. The van der Waals surface area contributed by atoms with Crippen molar-refractivity contribution in [2.75, 3.05) is 13.2 Å². The molecular formula is C23H29BrN2O3. The molecule has 2 amide bonds. The Labute approximate surface area is 181 Å². The Morgan fingerprint density at radius 3 is 2.59 bits per heavy atom. The molecule has 2 aromatic carbocycles. The van der Waals surface area contributed by atoms with E-state index in [0.29, 0.717) is 32.5 Å². The fraction of sp³-hybridized carbons (Fsp3) is 0.391. The third-order valence-electron chi connectivity index (χ3n) is 4.51. The second-order valence-electron chi connectivity index (χ2n) is 6.88. The predicted octanol–water partition coefficient (Wildman–Crippen LogP) is 4.55. The van der Waals surface area contributed by atoms with Gasteiger partial charge in [0, 0.05) is 24.0 Å². The Hall–Kier alpha value is -2.34. The highest BCUT2D eigenvalue weighted by atomic mass is 79.9. The van der Waals surface area contributed by atoms with Crippen molar-refractivity contribution in [1.82, 2.24) is 10.2 Å². The molecule has 0 aliphatic carbocycles. The van der Waals surface area contributed by atoms with Crippen LogP contribution in [0.1, 0.15) is 38.7 Å². The van der Waals surface area contributed by atoms with E-state index in [4.69, 9.17) is 4.74 Å². The number of nitrogens with one attached hydrogen (secondary N) is 1. The summed E-state index contributed by atoms with van der Waals surface area (Å²) in [5.74, 6) is 0.606. The topological polar surface area (TPSA) is 58.6 Å². The molecule has 6 heteroatoms. The molecule has 0 saturated heterocycles. The van der Waals surface area contributed by atoms with Gasteiger partial charge < -0.3 is 15.0 Å². The molecule has 0 aliphatic rings. The maximum atomic E-state index is 12.9. The quantitative estimate of drug-likeness (QED) is 0.500. The molecule has 2 rings (SSSR count). The molecule has 1 atom stereocenters. The SMILES string of the molecule is CCCNC(=O)C(C)N(Cc1cccc(Br)c1)C(=O)CCCOc1ccccc1. The van der Waals surface area contributed by atoms with Gasteiger partial charge >= 0.3 is 0 Å². The first-order valence-electron chi connectivity index (χ1n) is 10.0. The van der Waals surface area contributed by atoms with E-state index in [-0.39, 0.29) is 11.8 Å². The number of carbonyl (C=O) groups excluding carboxylic acids is 2. The van der Waals surface area contributed by atoms with Crippen molar-refractivity contribution in [3.05, 3.63) is 64.6 Å². The molecule has 5 nitrogen and oxygen atoms in total. The maximum absolute atomic E-state index is 12.9. The fourth-order valence-corrected chi connectivity index (χ4v) is 3.33. The zero-order chi connectivity index (χ0) is 21.1. The minimum absolute atomic E-state index is 0.0548. The van der Waals surface area contributed by atoms with E-state index >= 15 is 0 Å². The minimum atomic E-state index is -0.539. The Morgan fingerprint density at radius 1 is 1.14 bits per heavy atom. The summed E-state index contributed by atoms with van der Waals surface area (Å²) in [7, 11) is 0. The Bertz CT molecular complexity index is 783. The van der Waals surface area contributed by atoms with Crippen molar-refractivity contribution >= 4 is 27.7 Å². The van der Waals surface area contributed by atoms with E-state index < -0.39 is 6.04 Å². The van der Waals surface area contributed by atoms with E-state index in [1.807, 2.05) is 61.5 Å². The van der Waals surface area contributed by atoms with E-state index in [1.54, 1.807) is 11.8 Å². The molecular weight excluding hydrogens is 432 g/mol. The van der Waals surface area contributed by atoms with Crippen LogP contribution in [0.15, 0.2) is 59.1 Å². The van der Waals surface area contributed by atoms with Crippen molar-refractivity contribution in [2.45, 2.75) is 45.7 Å². The molecule has 0 heterocycles. The number of benzene rings is 2. The summed E-state index contributed by atoms with van der Waals surface area (Å²) < 4.78 is 6.62. The highest BCUT2D eigenvalue weighted by Crippen LogP contribution is 2.17. The number of carbonyl (C=O) groups is 2. The standard InChI is InChI=1S/C23H29BrN2O3/c1-3-14-25-23(28)18(2)26(17-19-9-7-10-20(24)16-19)22(27)13-8-15-29-21-11-5-4-6-12-21/h4-7,9-12,16,18H,3,8,13-15,17H2,1-2H3,(H,25,28). The summed E-state index contributed by atoms with van der Waals surface area (Å²) in [4.78, 5) is 27.1. The summed E-state index contributed by atoms with van der Waals surface area (Å²) in [6.45, 7) is 5.23. The van der Waals surface area contributed by atoms with Crippen LogP contribution in [-0.4, -0.2) is 35.9 Å². The first-order valence-corrected chi connectivity index (χ1v) is 10.8. The lowest BCUT2D eigenvalue weighted by Gasteiger charge is -2.29. The summed E-state index contributed by atoms with van der Waals surface area (Å²) in [6, 6.07) is 16.8. The first-order chi connectivity index (χ1) is 14.0. The van der Waals surface area contributed by atoms with Gasteiger partial charge in [-0.25, -0.2) is 0 Å². The van der Waals surface area contributed by atoms with Gasteiger partial charge in [-0.2, -0.15) is 0 Å². The second-order valence-corrected chi connectivity index (χ2v) is 7.80. The lowest BCUT2D eigenvalue weighted by Crippen LogP contribution is -2.47. The molecule has 1 unspecified atom stereocenters. The molecule has 0 fully saturated rings. The first kappa shape index (κ1) is 22.9. The minimum Gasteiger partial charge on any atom is -0.494 e. The molecule has 0 aliphatic heterocycles. The summed E-state index contributed by atoms with van der Waals surface area (Å²) >= 11 is 3.46. The highest BCUT2D eigenvalue weighted by Gasteiger charge is 2.25. The third kappa shape index (κ3) is 7.89. The molecule has 0 aromatic heterocycles. The van der Waals surface area contributed by atoms with Crippen molar-refractivity contribution in [2.24, 2.45) is 0 Å². The van der Waals surface area contributed by atoms with Gasteiger partial charge in [0.05, 0.1) is 6.61 Å². The van der Waals surface area contributed by atoms with Gasteiger partial charge in [0.2, 0.25) is 11.8 Å². The number of nitrogens with zero attached hydrogens (tertiary/aromatic N) is 1. The molecule has 29 heavy (non-hydrogen) atoms. The van der Waals surface area contributed by atoms with Gasteiger partial charge in [-0.15, -0.1) is 0 Å². The summed E-state index contributed by atoms with van der Waals surface area (Å²) in [5, 5.41) is 2.89. The molecule has 0 spiro atoms. The Kier molecular flexibility index (Phi) is 9.71. The molecule has 2 aromatic rings. The van der Waals surface area contributed by atoms with Gasteiger partial charge in [0.1, 0.15) is 11.8 Å². The normalized spacial score (nSPS) is 11.6. The molecule has 156 valence electrons. The van der Waals surface area contributed by atoms with Crippen LogP contribution in [0.5, 0.6) is 5.75 Å². The van der Waals surface area contributed by atoms with Gasteiger partial charge in [-0.05, 0) is 49.6 Å². The molecule has 0 saturated carbocycles. The summed E-state index contributed by atoms with van der Waals surface area (Å²) in [6.07, 6.45) is 1.77. The lowest BCUT2D eigenvalue weighted by atomic mass is 10.1. The zero-order valence-electron chi connectivity index (χ0n) is 17.1.